The number of ether oxygens (including phenoxy) is 1. The van der Waals surface area contributed by atoms with Gasteiger partial charge in [-0.25, -0.2) is 0 Å². The van der Waals surface area contributed by atoms with E-state index in [1.54, 1.807) is 0 Å². The smallest absolute Gasteiger partial charge is 0.409 e. The summed E-state index contributed by atoms with van der Waals surface area (Å²) in [5.41, 5.74) is 5.32. The van der Waals surface area contributed by atoms with Gasteiger partial charge in [0, 0.05) is 26.1 Å². The minimum Gasteiger partial charge on any atom is -0.409 e. The van der Waals surface area contributed by atoms with Gasteiger partial charge in [0.05, 0.1) is 0 Å². The minimum absolute atomic E-state index is 0.0690. The predicted molar refractivity (Wildman–Crippen MR) is 61.6 cm³/mol. The summed E-state index contributed by atoms with van der Waals surface area (Å²) in [6.07, 6.45) is -3.33. The Bertz CT molecular complexity index is 247. The molecule has 0 spiro atoms. The second-order valence-electron chi connectivity index (χ2n) is 3.80. The third kappa shape index (κ3) is 10.2. The summed E-state index contributed by atoms with van der Waals surface area (Å²) in [5, 5.41) is 11.2. The number of alkyl halides is 3. The molecule has 0 aliphatic heterocycles. The van der Waals surface area contributed by atoms with Crippen molar-refractivity contribution in [1.82, 2.24) is 4.90 Å². The van der Waals surface area contributed by atoms with Crippen molar-refractivity contribution in [2.45, 2.75) is 25.9 Å². The highest BCUT2D eigenvalue weighted by molar-refractivity contribution is 5.79. The normalized spacial score (nSPS) is 13.3. The third-order valence-electron chi connectivity index (χ3n) is 2.29. The SMILES string of the molecule is CCN(CCCOCC(F)(F)F)CC/C(N)=N/O. The van der Waals surface area contributed by atoms with E-state index in [0.29, 0.717) is 25.9 Å². The zero-order valence-electron chi connectivity index (χ0n) is 10.4. The van der Waals surface area contributed by atoms with Crippen LogP contribution in [0.25, 0.3) is 0 Å². The van der Waals surface area contributed by atoms with E-state index in [2.05, 4.69) is 9.89 Å². The molecule has 8 heteroatoms. The maximum absolute atomic E-state index is 11.8. The summed E-state index contributed by atoms with van der Waals surface area (Å²) in [6, 6.07) is 0. The first-order chi connectivity index (χ1) is 8.39. The van der Waals surface area contributed by atoms with Crippen LogP contribution in [0.1, 0.15) is 19.8 Å². The molecule has 0 aliphatic rings. The molecule has 0 fully saturated rings. The monoisotopic (exact) mass is 271 g/mol. The molecule has 0 atom stereocenters. The number of nitrogens with zero attached hydrogens (tertiary/aromatic N) is 2. The van der Waals surface area contributed by atoms with Gasteiger partial charge in [-0.15, -0.1) is 0 Å². The van der Waals surface area contributed by atoms with E-state index >= 15 is 0 Å². The van der Waals surface area contributed by atoms with Crippen molar-refractivity contribution in [3.05, 3.63) is 0 Å². The van der Waals surface area contributed by atoms with Crippen molar-refractivity contribution in [1.29, 1.82) is 0 Å². The van der Waals surface area contributed by atoms with Gasteiger partial charge in [-0.2, -0.15) is 13.2 Å². The number of amidine groups is 1. The fourth-order valence-electron chi connectivity index (χ4n) is 1.33. The van der Waals surface area contributed by atoms with Crippen molar-refractivity contribution in [2.24, 2.45) is 10.9 Å². The van der Waals surface area contributed by atoms with Gasteiger partial charge >= 0.3 is 6.18 Å². The van der Waals surface area contributed by atoms with Gasteiger partial charge < -0.3 is 20.6 Å². The second kappa shape index (κ2) is 8.98. The average Bonchev–Trinajstić information content (AvgIpc) is 2.30. The molecule has 0 aliphatic carbocycles. The van der Waals surface area contributed by atoms with Crippen LogP contribution in [0.15, 0.2) is 5.16 Å². The predicted octanol–water partition coefficient (Wildman–Crippen LogP) is 1.41. The van der Waals surface area contributed by atoms with Crippen LogP contribution in [-0.2, 0) is 4.74 Å². The van der Waals surface area contributed by atoms with Gasteiger partial charge in [-0.1, -0.05) is 12.1 Å². The molecule has 0 saturated heterocycles. The summed E-state index contributed by atoms with van der Waals surface area (Å²) in [7, 11) is 0. The molecule has 0 aromatic heterocycles. The zero-order chi connectivity index (χ0) is 14.0. The topological polar surface area (TPSA) is 71.1 Å². The molecule has 0 aromatic carbocycles. The molecule has 0 aromatic rings. The molecule has 0 unspecified atom stereocenters. The molecule has 0 heterocycles. The van der Waals surface area contributed by atoms with Crippen LogP contribution in [-0.4, -0.2) is 55.0 Å². The van der Waals surface area contributed by atoms with Crippen LogP contribution >= 0.6 is 0 Å². The Morgan fingerprint density at radius 3 is 2.56 bits per heavy atom. The maximum atomic E-state index is 11.8. The van der Waals surface area contributed by atoms with E-state index in [-0.39, 0.29) is 12.4 Å². The lowest BCUT2D eigenvalue weighted by Crippen LogP contribution is -2.30. The quantitative estimate of drug-likeness (QED) is 0.219. The van der Waals surface area contributed by atoms with Crippen LogP contribution in [0.3, 0.4) is 0 Å². The Balaban J connectivity index is 3.62. The van der Waals surface area contributed by atoms with Crippen LogP contribution in [0.5, 0.6) is 0 Å². The number of oxime groups is 1. The number of rotatable bonds is 9. The molecule has 0 saturated carbocycles. The van der Waals surface area contributed by atoms with Crippen molar-refractivity contribution in [3.63, 3.8) is 0 Å². The van der Waals surface area contributed by atoms with Gasteiger partial charge in [-0.3, -0.25) is 0 Å². The minimum atomic E-state index is -4.27. The standard InChI is InChI=1S/C10H20F3N3O2/c1-2-16(6-4-9(14)15-17)5-3-7-18-8-10(11,12)13/h17H,2-8H2,1H3,(H2,14,15). The first kappa shape index (κ1) is 17.0. The molecule has 0 amide bonds. The highest BCUT2D eigenvalue weighted by atomic mass is 19.4. The van der Waals surface area contributed by atoms with Crippen molar-refractivity contribution < 1.29 is 23.1 Å². The summed E-state index contributed by atoms with van der Waals surface area (Å²) in [4.78, 5) is 2.00. The lowest BCUT2D eigenvalue weighted by Gasteiger charge is -2.19. The Morgan fingerprint density at radius 2 is 2.06 bits per heavy atom. The first-order valence-corrected chi connectivity index (χ1v) is 5.72. The molecule has 3 N–H and O–H groups in total. The van der Waals surface area contributed by atoms with Crippen molar-refractivity contribution in [3.8, 4) is 0 Å². The molecule has 108 valence electrons. The molecule has 18 heavy (non-hydrogen) atoms. The Hall–Kier alpha value is -1.02. The van der Waals surface area contributed by atoms with E-state index in [9.17, 15) is 13.2 Å². The fourth-order valence-corrected chi connectivity index (χ4v) is 1.33. The second-order valence-corrected chi connectivity index (χ2v) is 3.80. The van der Waals surface area contributed by atoms with Gasteiger partial charge in [0.2, 0.25) is 0 Å². The molecular weight excluding hydrogens is 251 g/mol. The molecular formula is C10H20F3N3O2. The van der Waals surface area contributed by atoms with Gasteiger partial charge in [-0.05, 0) is 13.0 Å². The largest absolute Gasteiger partial charge is 0.411 e. The van der Waals surface area contributed by atoms with Crippen molar-refractivity contribution in [2.75, 3.05) is 32.8 Å². The third-order valence-corrected chi connectivity index (χ3v) is 2.29. The fraction of sp³-hybridized carbons (Fsp3) is 0.900. The number of nitrogens with two attached hydrogens (primary N) is 1. The van der Waals surface area contributed by atoms with Gasteiger partial charge in [0.1, 0.15) is 12.4 Å². The van der Waals surface area contributed by atoms with Gasteiger partial charge in [0.25, 0.3) is 0 Å². The Labute approximate surface area is 104 Å². The summed E-state index contributed by atoms with van der Waals surface area (Å²) >= 11 is 0. The van der Waals surface area contributed by atoms with Crippen molar-refractivity contribution >= 4 is 5.84 Å². The van der Waals surface area contributed by atoms with E-state index < -0.39 is 12.8 Å². The van der Waals surface area contributed by atoms with E-state index in [1.807, 2.05) is 11.8 Å². The van der Waals surface area contributed by atoms with Crippen LogP contribution in [0.2, 0.25) is 0 Å². The van der Waals surface area contributed by atoms with Crippen LogP contribution in [0.4, 0.5) is 13.2 Å². The summed E-state index contributed by atoms with van der Waals surface area (Å²) in [6.45, 7) is 2.77. The highest BCUT2D eigenvalue weighted by Gasteiger charge is 2.27. The summed E-state index contributed by atoms with van der Waals surface area (Å²) in [5.74, 6) is 0.141. The molecule has 0 bridgehead atoms. The first-order valence-electron chi connectivity index (χ1n) is 5.72. The average molecular weight is 271 g/mol. The lowest BCUT2D eigenvalue weighted by molar-refractivity contribution is -0.174. The molecule has 5 nitrogen and oxygen atoms in total. The summed E-state index contributed by atoms with van der Waals surface area (Å²) < 4.78 is 39.8. The molecule has 0 radical (unpaired) electrons. The van der Waals surface area contributed by atoms with E-state index in [4.69, 9.17) is 10.9 Å². The lowest BCUT2D eigenvalue weighted by atomic mass is 10.3. The Kier molecular flexibility index (Phi) is 8.47. The number of hydrogen-bond acceptors (Lipinski definition) is 4. The van der Waals surface area contributed by atoms with Crippen LogP contribution < -0.4 is 5.73 Å². The number of halogens is 3. The van der Waals surface area contributed by atoms with E-state index in [1.165, 1.54) is 0 Å². The number of hydrogen-bond donors (Lipinski definition) is 2. The van der Waals surface area contributed by atoms with Gasteiger partial charge in [0.15, 0.2) is 0 Å². The highest BCUT2D eigenvalue weighted by Crippen LogP contribution is 2.14. The van der Waals surface area contributed by atoms with E-state index in [0.717, 1.165) is 6.54 Å². The Morgan fingerprint density at radius 1 is 1.39 bits per heavy atom. The maximum Gasteiger partial charge on any atom is 0.411 e. The molecule has 0 rings (SSSR count). The van der Waals surface area contributed by atoms with Crippen LogP contribution in [0, 0.1) is 0 Å². The zero-order valence-corrected chi connectivity index (χ0v) is 10.4.